The van der Waals surface area contributed by atoms with Crippen LogP contribution in [0.4, 0.5) is 0 Å². The van der Waals surface area contributed by atoms with Crippen molar-refractivity contribution >= 4 is 5.91 Å². The third-order valence-corrected chi connectivity index (χ3v) is 4.57. The maximum atomic E-state index is 12.5. The lowest BCUT2D eigenvalue weighted by Crippen LogP contribution is -2.62. The summed E-state index contributed by atoms with van der Waals surface area (Å²) in [5, 5.41) is 3.12. The summed E-state index contributed by atoms with van der Waals surface area (Å²) in [6.45, 7) is 9.33. The van der Waals surface area contributed by atoms with Crippen LogP contribution in [0.5, 0.6) is 5.75 Å². The van der Waals surface area contributed by atoms with Crippen LogP contribution in [0.1, 0.15) is 44.5 Å². The standard InChI is InChI=1S/C19H29NO4/c1-13(2)24-17-12-16(19(17,3)4)20-18(21)14-7-6-8-15(11-14)23-10-9-22-5/h6-8,11,13,16-17H,9-10,12H2,1-5H3,(H,20,21)/t16-,17+/m0/s1. The third kappa shape index (κ3) is 4.48. The fourth-order valence-electron chi connectivity index (χ4n) is 2.90. The van der Waals surface area contributed by atoms with Crippen LogP contribution in [-0.4, -0.2) is 44.5 Å². The Bertz CT molecular complexity index is 556. The Morgan fingerprint density at radius 1 is 1.33 bits per heavy atom. The van der Waals surface area contributed by atoms with Crippen LogP contribution >= 0.6 is 0 Å². The number of carbonyl (C=O) groups excluding carboxylic acids is 1. The highest BCUT2D eigenvalue weighted by molar-refractivity contribution is 5.94. The van der Waals surface area contributed by atoms with E-state index in [1.165, 1.54) is 0 Å². The highest BCUT2D eigenvalue weighted by atomic mass is 16.5. The van der Waals surface area contributed by atoms with E-state index in [-0.39, 0.29) is 29.6 Å². The predicted molar refractivity (Wildman–Crippen MR) is 93.5 cm³/mol. The van der Waals surface area contributed by atoms with Gasteiger partial charge in [0.05, 0.1) is 18.8 Å². The maximum absolute atomic E-state index is 12.5. The Balaban J connectivity index is 1.92. The van der Waals surface area contributed by atoms with E-state index in [1.807, 2.05) is 26.0 Å². The molecule has 0 bridgehead atoms. The SMILES string of the molecule is COCCOc1cccc(C(=O)N[C@H]2C[C@@H](OC(C)C)C2(C)C)c1. The van der Waals surface area contributed by atoms with Crippen molar-refractivity contribution in [1.82, 2.24) is 5.32 Å². The summed E-state index contributed by atoms with van der Waals surface area (Å²) >= 11 is 0. The van der Waals surface area contributed by atoms with Gasteiger partial charge in [-0.3, -0.25) is 4.79 Å². The zero-order valence-corrected chi connectivity index (χ0v) is 15.3. The molecule has 1 aliphatic rings. The van der Waals surface area contributed by atoms with Crippen molar-refractivity contribution in [3.05, 3.63) is 29.8 Å². The normalized spacial score (nSPS) is 22.1. The summed E-state index contributed by atoms with van der Waals surface area (Å²) in [6.07, 6.45) is 1.24. The number of benzene rings is 1. The average Bonchev–Trinajstić information content (AvgIpc) is 2.54. The molecule has 1 aromatic carbocycles. The van der Waals surface area contributed by atoms with Crippen LogP contribution in [0.3, 0.4) is 0 Å². The summed E-state index contributed by atoms with van der Waals surface area (Å²) in [5.74, 6) is 0.599. The molecule has 0 unspecified atom stereocenters. The number of nitrogens with one attached hydrogen (secondary N) is 1. The largest absolute Gasteiger partial charge is 0.491 e. The second kappa shape index (κ2) is 7.99. The maximum Gasteiger partial charge on any atom is 0.251 e. The topological polar surface area (TPSA) is 56.8 Å². The molecule has 0 aromatic heterocycles. The van der Waals surface area contributed by atoms with E-state index in [2.05, 4.69) is 19.2 Å². The summed E-state index contributed by atoms with van der Waals surface area (Å²) in [7, 11) is 1.63. The molecule has 1 saturated carbocycles. The molecule has 2 atom stereocenters. The number of amides is 1. The van der Waals surface area contributed by atoms with Crippen molar-refractivity contribution in [3.8, 4) is 5.75 Å². The molecule has 24 heavy (non-hydrogen) atoms. The number of methoxy groups -OCH3 is 1. The van der Waals surface area contributed by atoms with Gasteiger partial charge in [-0.15, -0.1) is 0 Å². The summed E-state index contributed by atoms with van der Waals surface area (Å²) in [4.78, 5) is 12.5. The number of carbonyl (C=O) groups is 1. The number of ether oxygens (including phenoxy) is 3. The number of rotatable bonds is 8. The molecular formula is C19H29NO4. The second-order valence-corrected chi connectivity index (χ2v) is 7.13. The molecule has 134 valence electrons. The molecule has 0 saturated heterocycles. The fraction of sp³-hybridized carbons (Fsp3) is 0.632. The zero-order valence-electron chi connectivity index (χ0n) is 15.3. The molecule has 0 aliphatic heterocycles. The zero-order chi connectivity index (χ0) is 17.7. The van der Waals surface area contributed by atoms with Gasteiger partial charge in [0.25, 0.3) is 5.91 Å². The van der Waals surface area contributed by atoms with Crippen LogP contribution in [-0.2, 0) is 9.47 Å². The molecule has 0 spiro atoms. The van der Waals surface area contributed by atoms with Gasteiger partial charge in [0.1, 0.15) is 12.4 Å². The van der Waals surface area contributed by atoms with Crippen LogP contribution in [0, 0.1) is 5.41 Å². The van der Waals surface area contributed by atoms with Crippen molar-refractivity contribution in [1.29, 1.82) is 0 Å². The second-order valence-electron chi connectivity index (χ2n) is 7.13. The summed E-state index contributed by atoms with van der Waals surface area (Å²) < 4.78 is 16.4. The highest BCUT2D eigenvalue weighted by Crippen LogP contribution is 2.43. The number of hydrogen-bond acceptors (Lipinski definition) is 4. The van der Waals surface area contributed by atoms with E-state index in [9.17, 15) is 4.79 Å². The first-order chi connectivity index (χ1) is 11.3. The molecule has 1 aliphatic carbocycles. The smallest absolute Gasteiger partial charge is 0.251 e. The lowest BCUT2D eigenvalue weighted by Gasteiger charge is -2.52. The summed E-state index contributed by atoms with van der Waals surface area (Å²) in [6, 6.07) is 7.34. The Labute approximate surface area is 144 Å². The molecule has 2 rings (SSSR count). The van der Waals surface area contributed by atoms with E-state index in [0.29, 0.717) is 24.5 Å². The van der Waals surface area contributed by atoms with Gasteiger partial charge in [0.15, 0.2) is 0 Å². The van der Waals surface area contributed by atoms with Gasteiger partial charge in [-0.1, -0.05) is 19.9 Å². The molecule has 5 nitrogen and oxygen atoms in total. The van der Waals surface area contributed by atoms with Gasteiger partial charge >= 0.3 is 0 Å². The first kappa shape index (κ1) is 18.7. The molecule has 0 heterocycles. The fourth-order valence-corrected chi connectivity index (χ4v) is 2.90. The van der Waals surface area contributed by atoms with Crippen LogP contribution in [0.25, 0.3) is 0 Å². The van der Waals surface area contributed by atoms with E-state index in [0.717, 1.165) is 6.42 Å². The highest BCUT2D eigenvalue weighted by Gasteiger charge is 2.50. The lowest BCUT2D eigenvalue weighted by molar-refractivity contribution is -0.136. The third-order valence-electron chi connectivity index (χ3n) is 4.57. The summed E-state index contributed by atoms with van der Waals surface area (Å²) in [5.41, 5.74) is 0.543. The molecule has 1 fully saturated rings. The molecule has 5 heteroatoms. The van der Waals surface area contributed by atoms with E-state index < -0.39 is 0 Å². The van der Waals surface area contributed by atoms with Gasteiger partial charge in [-0.2, -0.15) is 0 Å². The molecule has 0 radical (unpaired) electrons. The van der Waals surface area contributed by atoms with E-state index >= 15 is 0 Å². The van der Waals surface area contributed by atoms with Gasteiger partial charge in [0.2, 0.25) is 0 Å². The Morgan fingerprint density at radius 2 is 2.08 bits per heavy atom. The van der Waals surface area contributed by atoms with Crippen molar-refractivity contribution in [2.24, 2.45) is 5.41 Å². The van der Waals surface area contributed by atoms with Crippen molar-refractivity contribution in [3.63, 3.8) is 0 Å². The van der Waals surface area contributed by atoms with Gasteiger partial charge in [-0.25, -0.2) is 0 Å². The van der Waals surface area contributed by atoms with Crippen LogP contribution in [0.15, 0.2) is 24.3 Å². The molecular weight excluding hydrogens is 306 g/mol. The molecule has 1 aromatic rings. The Kier molecular flexibility index (Phi) is 6.24. The molecule has 1 N–H and O–H groups in total. The number of hydrogen-bond donors (Lipinski definition) is 1. The monoisotopic (exact) mass is 335 g/mol. The van der Waals surface area contributed by atoms with E-state index in [4.69, 9.17) is 14.2 Å². The lowest BCUT2D eigenvalue weighted by atomic mass is 9.64. The van der Waals surface area contributed by atoms with Gasteiger partial charge in [-0.05, 0) is 38.5 Å². The molecule has 1 amide bonds. The minimum absolute atomic E-state index is 0.0630. The van der Waals surface area contributed by atoms with Crippen molar-refractivity contribution < 1.29 is 19.0 Å². The van der Waals surface area contributed by atoms with Crippen LogP contribution < -0.4 is 10.1 Å². The minimum atomic E-state index is -0.0757. The predicted octanol–water partition coefficient (Wildman–Crippen LogP) is 3.03. The van der Waals surface area contributed by atoms with Gasteiger partial charge in [0, 0.05) is 24.1 Å². The first-order valence-electron chi connectivity index (χ1n) is 8.52. The van der Waals surface area contributed by atoms with E-state index in [1.54, 1.807) is 19.2 Å². The Hall–Kier alpha value is -1.59. The van der Waals surface area contributed by atoms with Gasteiger partial charge < -0.3 is 19.5 Å². The first-order valence-corrected chi connectivity index (χ1v) is 8.52. The van der Waals surface area contributed by atoms with Crippen molar-refractivity contribution in [2.45, 2.75) is 52.4 Å². The van der Waals surface area contributed by atoms with Crippen LogP contribution in [0.2, 0.25) is 0 Å². The minimum Gasteiger partial charge on any atom is -0.491 e. The Morgan fingerprint density at radius 3 is 2.71 bits per heavy atom. The quantitative estimate of drug-likeness (QED) is 0.742. The average molecular weight is 335 g/mol. The van der Waals surface area contributed by atoms with Crippen molar-refractivity contribution in [2.75, 3.05) is 20.3 Å².